The van der Waals surface area contributed by atoms with Gasteiger partial charge in [-0.05, 0) is 16.7 Å². The Hall–Kier alpha value is -2.29. The second-order valence-corrected chi connectivity index (χ2v) is 4.26. The second-order valence-electron chi connectivity index (χ2n) is 4.26. The van der Waals surface area contributed by atoms with Gasteiger partial charge >= 0.3 is 6.03 Å². The highest BCUT2D eigenvalue weighted by Gasteiger charge is 2.04. The lowest BCUT2D eigenvalue weighted by Crippen LogP contribution is -2.31. The largest absolute Gasteiger partial charge is 0.351 e. The Kier molecular flexibility index (Phi) is 3.63. The zero-order valence-electron chi connectivity index (χ0n) is 10.3. The van der Waals surface area contributed by atoms with Crippen LogP contribution >= 0.6 is 0 Å². The smallest absolute Gasteiger partial charge is 0.314 e. The van der Waals surface area contributed by atoms with Crippen LogP contribution in [0.1, 0.15) is 5.56 Å². The maximum atomic E-state index is 10.9. The van der Waals surface area contributed by atoms with E-state index in [9.17, 15) is 4.79 Å². The Morgan fingerprint density at radius 2 is 1.56 bits per heavy atom. The van der Waals surface area contributed by atoms with Gasteiger partial charge < -0.3 is 10.6 Å². The van der Waals surface area contributed by atoms with Crippen LogP contribution in [0.4, 0.5) is 4.79 Å². The monoisotopic (exact) mass is 240 g/mol. The van der Waals surface area contributed by atoms with E-state index in [4.69, 9.17) is 5.73 Å². The van der Waals surface area contributed by atoms with Gasteiger partial charge in [-0.15, -0.1) is 0 Å². The summed E-state index contributed by atoms with van der Waals surface area (Å²) in [7, 11) is 1.69. The molecule has 0 bridgehead atoms. The van der Waals surface area contributed by atoms with Gasteiger partial charge in [0.1, 0.15) is 0 Å². The molecular formula is C15H16N2O. The number of nitrogens with zero attached hydrogens (tertiary/aromatic N) is 1. The van der Waals surface area contributed by atoms with Crippen LogP contribution < -0.4 is 5.73 Å². The molecule has 0 atom stereocenters. The molecule has 0 saturated heterocycles. The standard InChI is InChI=1S/C15H16N2O/c1-17(15(16)18)11-12-7-9-14(10-8-12)13-5-3-2-4-6-13/h2-10H,11H2,1H3,(H2,16,18). The third-order valence-electron chi connectivity index (χ3n) is 2.86. The van der Waals surface area contributed by atoms with E-state index in [1.54, 1.807) is 7.05 Å². The van der Waals surface area contributed by atoms with Gasteiger partial charge in [0.2, 0.25) is 0 Å². The molecule has 2 aromatic rings. The number of carbonyl (C=O) groups excluding carboxylic acids is 1. The first-order valence-electron chi connectivity index (χ1n) is 5.82. The molecule has 0 unspecified atom stereocenters. The van der Waals surface area contributed by atoms with Gasteiger partial charge in [0.15, 0.2) is 0 Å². The summed E-state index contributed by atoms with van der Waals surface area (Å²) in [5.41, 5.74) is 8.61. The lowest BCUT2D eigenvalue weighted by atomic mass is 10.0. The first-order valence-corrected chi connectivity index (χ1v) is 5.82. The molecule has 2 N–H and O–H groups in total. The lowest BCUT2D eigenvalue weighted by molar-refractivity contribution is 0.216. The normalized spacial score (nSPS) is 10.1. The van der Waals surface area contributed by atoms with E-state index < -0.39 is 6.03 Å². The summed E-state index contributed by atoms with van der Waals surface area (Å²) in [5, 5.41) is 0. The van der Waals surface area contributed by atoms with Gasteiger partial charge in [-0.2, -0.15) is 0 Å². The molecule has 0 saturated carbocycles. The summed E-state index contributed by atoms with van der Waals surface area (Å²) in [6.07, 6.45) is 0. The summed E-state index contributed by atoms with van der Waals surface area (Å²) in [5.74, 6) is 0. The minimum atomic E-state index is -0.415. The molecule has 0 aliphatic rings. The molecule has 0 spiro atoms. The molecule has 18 heavy (non-hydrogen) atoms. The van der Waals surface area contributed by atoms with Crippen molar-refractivity contribution in [3.05, 3.63) is 60.2 Å². The molecule has 2 aromatic carbocycles. The highest BCUT2D eigenvalue weighted by molar-refractivity contribution is 5.71. The van der Waals surface area contributed by atoms with E-state index in [1.165, 1.54) is 16.0 Å². The molecule has 0 aliphatic carbocycles. The van der Waals surface area contributed by atoms with E-state index in [0.29, 0.717) is 6.54 Å². The molecule has 3 nitrogen and oxygen atoms in total. The number of hydrogen-bond acceptors (Lipinski definition) is 1. The average Bonchev–Trinajstić information content (AvgIpc) is 2.40. The van der Waals surface area contributed by atoms with Crippen molar-refractivity contribution in [1.82, 2.24) is 4.90 Å². The predicted octanol–water partition coefficient (Wildman–Crippen LogP) is 2.86. The van der Waals surface area contributed by atoms with E-state index in [1.807, 2.05) is 30.3 Å². The molecule has 0 fully saturated rings. The van der Waals surface area contributed by atoms with Crippen molar-refractivity contribution in [2.75, 3.05) is 7.05 Å². The Bertz CT molecular complexity index is 520. The van der Waals surface area contributed by atoms with Gasteiger partial charge in [-0.25, -0.2) is 4.79 Å². The van der Waals surface area contributed by atoms with E-state index >= 15 is 0 Å². The van der Waals surface area contributed by atoms with Crippen molar-refractivity contribution in [2.45, 2.75) is 6.54 Å². The molecule has 0 radical (unpaired) electrons. The zero-order chi connectivity index (χ0) is 13.0. The van der Waals surface area contributed by atoms with Crippen LogP contribution in [-0.4, -0.2) is 18.0 Å². The van der Waals surface area contributed by atoms with Crippen molar-refractivity contribution >= 4 is 6.03 Å². The van der Waals surface area contributed by atoms with E-state index in [0.717, 1.165) is 5.56 Å². The fourth-order valence-electron chi connectivity index (χ4n) is 1.78. The third kappa shape index (κ3) is 2.88. The Balaban J connectivity index is 2.13. The minimum Gasteiger partial charge on any atom is -0.351 e. The quantitative estimate of drug-likeness (QED) is 0.881. The zero-order valence-corrected chi connectivity index (χ0v) is 10.3. The number of amides is 2. The predicted molar refractivity (Wildman–Crippen MR) is 72.9 cm³/mol. The van der Waals surface area contributed by atoms with Crippen molar-refractivity contribution in [3.8, 4) is 11.1 Å². The van der Waals surface area contributed by atoms with Crippen molar-refractivity contribution in [1.29, 1.82) is 0 Å². The number of carbonyl (C=O) groups is 1. The molecule has 2 amide bonds. The van der Waals surface area contributed by atoms with Crippen molar-refractivity contribution in [2.24, 2.45) is 5.73 Å². The first kappa shape index (κ1) is 12.2. The van der Waals surface area contributed by atoms with Crippen LogP contribution in [0.2, 0.25) is 0 Å². The number of rotatable bonds is 3. The van der Waals surface area contributed by atoms with Crippen LogP contribution in [0.25, 0.3) is 11.1 Å². The van der Waals surface area contributed by atoms with Crippen LogP contribution in [0.15, 0.2) is 54.6 Å². The Morgan fingerprint density at radius 3 is 2.11 bits per heavy atom. The fourth-order valence-corrected chi connectivity index (χ4v) is 1.78. The summed E-state index contributed by atoms with van der Waals surface area (Å²) >= 11 is 0. The SMILES string of the molecule is CN(Cc1ccc(-c2ccccc2)cc1)C(N)=O. The fraction of sp³-hybridized carbons (Fsp3) is 0.133. The maximum absolute atomic E-state index is 10.9. The highest BCUT2D eigenvalue weighted by Crippen LogP contribution is 2.19. The van der Waals surface area contributed by atoms with Crippen LogP contribution in [0.5, 0.6) is 0 Å². The van der Waals surface area contributed by atoms with Crippen LogP contribution in [-0.2, 0) is 6.54 Å². The van der Waals surface area contributed by atoms with Crippen LogP contribution in [0, 0.1) is 0 Å². The molecule has 0 heterocycles. The molecule has 0 aliphatic heterocycles. The number of urea groups is 1. The molecule has 92 valence electrons. The van der Waals surface area contributed by atoms with E-state index in [2.05, 4.69) is 24.3 Å². The summed E-state index contributed by atoms with van der Waals surface area (Å²) in [4.78, 5) is 12.4. The molecule has 2 rings (SSSR count). The number of nitrogens with two attached hydrogens (primary N) is 1. The summed E-state index contributed by atoms with van der Waals surface area (Å²) in [6.45, 7) is 0.532. The van der Waals surface area contributed by atoms with Crippen molar-refractivity contribution in [3.63, 3.8) is 0 Å². The number of hydrogen-bond donors (Lipinski definition) is 1. The second kappa shape index (κ2) is 5.36. The van der Waals surface area contributed by atoms with Gasteiger partial charge in [-0.3, -0.25) is 0 Å². The Labute approximate surface area is 107 Å². The van der Waals surface area contributed by atoms with Gasteiger partial charge in [0.05, 0.1) is 0 Å². The highest BCUT2D eigenvalue weighted by atomic mass is 16.2. The van der Waals surface area contributed by atoms with Gasteiger partial charge in [0, 0.05) is 13.6 Å². The molecule has 0 aromatic heterocycles. The minimum absolute atomic E-state index is 0.415. The van der Waals surface area contributed by atoms with Gasteiger partial charge in [0.25, 0.3) is 0 Å². The Morgan fingerprint density at radius 1 is 1.00 bits per heavy atom. The third-order valence-corrected chi connectivity index (χ3v) is 2.86. The van der Waals surface area contributed by atoms with E-state index in [-0.39, 0.29) is 0 Å². The number of benzene rings is 2. The summed E-state index contributed by atoms with van der Waals surface area (Å²) < 4.78 is 0. The average molecular weight is 240 g/mol. The molecule has 3 heteroatoms. The summed E-state index contributed by atoms with van der Waals surface area (Å²) in [6, 6.07) is 17.9. The first-order chi connectivity index (χ1) is 8.66. The van der Waals surface area contributed by atoms with Crippen LogP contribution in [0.3, 0.4) is 0 Å². The lowest BCUT2D eigenvalue weighted by Gasteiger charge is -2.14. The maximum Gasteiger partial charge on any atom is 0.314 e. The van der Waals surface area contributed by atoms with Crippen molar-refractivity contribution < 1.29 is 4.79 Å². The topological polar surface area (TPSA) is 46.3 Å². The number of primary amides is 1. The molecular weight excluding hydrogens is 224 g/mol. The van der Waals surface area contributed by atoms with Gasteiger partial charge in [-0.1, -0.05) is 54.6 Å².